The van der Waals surface area contributed by atoms with E-state index in [1.54, 1.807) is 6.07 Å². The highest BCUT2D eigenvalue weighted by Gasteiger charge is 2.04. The molecule has 0 saturated carbocycles. The number of nitrogens with zero attached hydrogens (tertiary/aromatic N) is 4. The topological polar surface area (TPSA) is 54.5 Å². The zero-order chi connectivity index (χ0) is 15.4. The second kappa shape index (κ2) is 6.06. The standard InChI is InChI=1S/C18H14N4/c1-22-13-17(14-6-3-2-4-7-14)21-18(22)11-10-15-8-5-9-16(12-19)20-15/h2-11,13H,1H3. The Morgan fingerprint density at radius 3 is 2.59 bits per heavy atom. The van der Waals surface area contributed by atoms with Crippen LogP contribution in [0.3, 0.4) is 0 Å². The molecule has 0 aliphatic heterocycles. The normalized spacial score (nSPS) is 10.7. The number of aromatic nitrogens is 3. The van der Waals surface area contributed by atoms with Crippen molar-refractivity contribution in [3.05, 3.63) is 71.9 Å². The van der Waals surface area contributed by atoms with E-state index in [2.05, 4.69) is 9.97 Å². The second-order valence-corrected chi connectivity index (χ2v) is 4.85. The third-order valence-electron chi connectivity index (χ3n) is 3.27. The van der Waals surface area contributed by atoms with E-state index in [0.29, 0.717) is 5.69 Å². The van der Waals surface area contributed by atoms with Crippen LogP contribution in [0.15, 0.2) is 54.7 Å². The molecule has 0 spiro atoms. The van der Waals surface area contributed by atoms with E-state index in [-0.39, 0.29) is 0 Å². The highest BCUT2D eigenvalue weighted by molar-refractivity contribution is 5.67. The van der Waals surface area contributed by atoms with Crippen LogP contribution < -0.4 is 0 Å². The van der Waals surface area contributed by atoms with E-state index in [9.17, 15) is 0 Å². The summed E-state index contributed by atoms with van der Waals surface area (Å²) in [5, 5.41) is 8.87. The molecule has 106 valence electrons. The van der Waals surface area contributed by atoms with Gasteiger partial charge in [0.25, 0.3) is 0 Å². The fourth-order valence-corrected chi connectivity index (χ4v) is 2.15. The SMILES string of the molecule is Cn1cc(-c2ccccc2)nc1C=Cc1cccc(C#N)n1. The molecule has 0 aliphatic carbocycles. The third kappa shape index (κ3) is 2.94. The quantitative estimate of drug-likeness (QED) is 0.740. The van der Waals surface area contributed by atoms with Crippen molar-refractivity contribution in [1.82, 2.24) is 14.5 Å². The molecule has 2 heterocycles. The van der Waals surface area contributed by atoms with Crippen LogP contribution in [-0.2, 0) is 7.05 Å². The highest BCUT2D eigenvalue weighted by atomic mass is 15.0. The Labute approximate surface area is 129 Å². The maximum Gasteiger partial charge on any atom is 0.141 e. The number of imidazole rings is 1. The fourth-order valence-electron chi connectivity index (χ4n) is 2.15. The number of hydrogen-bond donors (Lipinski definition) is 0. The van der Waals surface area contributed by atoms with Gasteiger partial charge in [0.1, 0.15) is 17.6 Å². The van der Waals surface area contributed by atoms with E-state index in [0.717, 1.165) is 22.8 Å². The first-order valence-electron chi connectivity index (χ1n) is 6.90. The maximum atomic E-state index is 8.87. The lowest BCUT2D eigenvalue weighted by Crippen LogP contribution is -1.89. The van der Waals surface area contributed by atoms with Gasteiger partial charge in [-0.05, 0) is 24.3 Å². The van der Waals surface area contributed by atoms with Crippen molar-refractivity contribution >= 4 is 12.2 Å². The van der Waals surface area contributed by atoms with Gasteiger partial charge >= 0.3 is 0 Å². The molecule has 1 aromatic carbocycles. The van der Waals surface area contributed by atoms with Crippen LogP contribution in [-0.4, -0.2) is 14.5 Å². The molecule has 0 atom stereocenters. The molecule has 3 aromatic rings. The summed E-state index contributed by atoms with van der Waals surface area (Å²) < 4.78 is 1.97. The van der Waals surface area contributed by atoms with E-state index in [1.807, 2.05) is 78.5 Å². The Hall–Kier alpha value is -3.19. The number of pyridine rings is 1. The zero-order valence-corrected chi connectivity index (χ0v) is 12.1. The summed E-state index contributed by atoms with van der Waals surface area (Å²) in [5.41, 5.74) is 3.17. The molecule has 22 heavy (non-hydrogen) atoms. The smallest absolute Gasteiger partial charge is 0.141 e. The van der Waals surface area contributed by atoms with Crippen LogP contribution in [0, 0.1) is 11.3 Å². The van der Waals surface area contributed by atoms with Gasteiger partial charge in [0, 0.05) is 18.8 Å². The number of benzene rings is 1. The fraction of sp³-hybridized carbons (Fsp3) is 0.0556. The van der Waals surface area contributed by atoms with E-state index < -0.39 is 0 Å². The number of rotatable bonds is 3. The lowest BCUT2D eigenvalue weighted by Gasteiger charge is -1.95. The minimum absolute atomic E-state index is 0.409. The molecule has 0 N–H and O–H groups in total. The molecule has 0 amide bonds. The van der Waals surface area contributed by atoms with Crippen molar-refractivity contribution in [2.45, 2.75) is 0 Å². The van der Waals surface area contributed by atoms with Crippen LogP contribution in [0.1, 0.15) is 17.2 Å². The van der Waals surface area contributed by atoms with Gasteiger partial charge in [0.05, 0.1) is 11.4 Å². The van der Waals surface area contributed by atoms with E-state index in [1.165, 1.54) is 0 Å². The van der Waals surface area contributed by atoms with Gasteiger partial charge in [-0.1, -0.05) is 36.4 Å². The van der Waals surface area contributed by atoms with Gasteiger partial charge in [-0.25, -0.2) is 9.97 Å². The van der Waals surface area contributed by atoms with Crippen LogP contribution in [0.5, 0.6) is 0 Å². The minimum atomic E-state index is 0.409. The first-order valence-corrected chi connectivity index (χ1v) is 6.90. The van der Waals surface area contributed by atoms with Crippen LogP contribution in [0.25, 0.3) is 23.4 Å². The van der Waals surface area contributed by atoms with Crippen LogP contribution in [0.4, 0.5) is 0 Å². The Bertz CT molecular complexity index is 854. The van der Waals surface area contributed by atoms with Gasteiger partial charge in [0.15, 0.2) is 0 Å². The molecule has 0 radical (unpaired) electrons. The molecule has 3 rings (SSSR count). The predicted octanol–water partition coefficient (Wildman–Crippen LogP) is 3.52. The zero-order valence-electron chi connectivity index (χ0n) is 12.1. The number of aryl methyl sites for hydroxylation is 1. The Balaban J connectivity index is 1.88. The number of nitriles is 1. The highest BCUT2D eigenvalue weighted by Crippen LogP contribution is 2.18. The summed E-state index contributed by atoms with van der Waals surface area (Å²) in [6, 6.07) is 17.5. The Morgan fingerprint density at radius 1 is 1.00 bits per heavy atom. The van der Waals surface area contributed by atoms with Crippen LogP contribution >= 0.6 is 0 Å². The van der Waals surface area contributed by atoms with Crippen LogP contribution in [0.2, 0.25) is 0 Å². The van der Waals surface area contributed by atoms with Crippen molar-refractivity contribution in [3.63, 3.8) is 0 Å². The maximum absolute atomic E-state index is 8.87. The average Bonchev–Trinajstić information content (AvgIpc) is 2.95. The molecule has 2 aromatic heterocycles. The third-order valence-corrected chi connectivity index (χ3v) is 3.27. The molecule has 4 nitrogen and oxygen atoms in total. The van der Waals surface area contributed by atoms with Crippen molar-refractivity contribution in [1.29, 1.82) is 5.26 Å². The van der Waals surface area contributed by atoms with Crippen molar-refractivity contribution in [2.24, 2.45) is 7.05 Å². The second-order valence-electron chi connectivity index (χ2n) is 4.85. The van der Waals surface area contributed by atoms with Crippen molar-refractivity contribution in [2.75, 3.05) is 0 Å². The first-order chi connectivity index (χ1) is 10.8. The average molecular weight is 286 g/mol. The minimum Gasteiger partial charge on any atom is -0.334 e. The summed E-state index contributed by atoms with van der Waals surface area (Å²) >= 11 is 0. The predicted molar refractivity (Wildman–Crippen MR) is 86.5 cm³/mol. The van der Waals surface area contributed by atoms with Gasteiger partial charge in [-0.15, -0.1) is 0 Å². The van der Waals surface area contributed by atoms with Crippen molar-refractivity contribution < 1.29 is 0 Å². The molecular formula is C18H14N4. The summed E-state index contributed by atoms with van der Waals surface area (Å²) in [7, 11) is 1.96. The first kappa shape index (κ1) is 13.8. The lowest BCUT2D eigenvalue weighted by atomic mass is 10.2. The van der Waals surface area contributed by atoms with Gasteiger partial charge in [0.2, 0.25) is 0 Å². The Kier molecular flexibility index (Phi) is 3.80. The van der Waals surface area contributed by atoms with E-state index >= 15 is 0 Å². The summed E-state index contributed by atoms with van der Waals surface area (Å²) in [5.74, 6) is 0.836. The summed E-state index contributed by atoms with van der Waals surface area (Å²) in [6.07, 6.45) is 5.75. The summed E-state index contributed by atoms with van der Waals surface area (Å²) in [4.78, 5) is 8.84. The monoisotopic (exact) mass is 286 g/mol. The molecule has 0 fully saturated rings. The van der Waals surface area contributed by atoms with Gasteiger partial charge < -0.3 is 4.57 Å². The molecule has 0 saturated heterocycles. The van der Waals surface area contributed by atoms with E-state index in [4.69, 9.17) is 5.26 Å². The molecule has 0 unspecified atom stereocenters. The Morgan fingerprint density at radius 2 is 1.82 bits per heavy atom. The van der Waals surface area contributed by atoms with Gasteiger partial charge in [-0.3, -0.25) is 0 Å². The van der Waals surface area contributed by atoms with Crippen molar-refractivity contribution in [3.8, 4) is 17.3 Å². The number of hydrogen-bond acceptors (Lipinski definition) is 3. The molecular weight excluding hydrogens is 272 g/mol. The van der Waals surface area contributed by atoms with Gasteiger partial charge in [-0.2, -0.15) is 5.26 Å². The largest absolute Gasteiger partial charge is 0.334 e. The summed E-state index contributed by atoms with van der Waals surface area (Å²) in [6.45, 7) is 0. The molecule has 4 heteroatoms. The lowest BCUT2D eigenvalue weighted by molar-refractivity contribution is 0.898. The molecule has 0 bridgehead atoms. The molecule has 0 aliphatic rings.